The Kier molecular flexibility index (Phi) is 5.80. The molecule has 3 aromatic carbocycles. The molecule has 0 aliphatic rings. The Bertz CT molecular complexity index is 1490. The molecule has 162 valence electrons. The minimum Gasteiger partial charge on any atom is -0.497 e. The summed E-state index contributed by atoms with van der Waals surface area (Å²) in [7, 11) is 3.30. The monoisotopic (exact) mass is 440 g/mol. The predicted molar refractivity (Wildman–Crippen MR) is 135 cm³/mol. The van der Waals surface area contributed by atoms with Crippen molar-refractivity contribution >= 4 is 21.8 Å². The molecule has 0 amide bonds. The molecule has 5 aromatic rings. The van der Waals surface area contributed by atoms with Gasteiger partial charge in [-0.25, -0.2) is 0 Å². The van der Waals surface area contributed by atoms with Gasteiger partial charge in [-0.2, -0.15) is 0 Å². The van der Waals surface area contributed by atoms with Crippen molar-refractivity contribution in [1.82, 2.24) is 9.97 Å². The lowest BCUT2D eigenvalue weighted by Crippen LogP contribution is -1.88. The average molecular weight is 441 g/mol. The van der Waals surface area contributed by atoms with Crippen LogP contribution in [0.3, 0.4) is 0 Å². The number of aromatic nitrogens is 2. The highest BCUT2D eigenvalue weighted by Gasteiger charge is 2.05. The van der Waals surface area contributed by atoms with Crippen LogP contribution in [0, 0.1) is 23.7 Å². The van der Waals surface area contributed by atoms with E-state index >= 15 is 0 Å². The second-order valence-electron chi connectivity index (χ2n) is 7.61. The second-order valence-corrected chi connectivity index (χ2v) is 7.61. The SMILES string of the molecule is COc1ccc(C#Cc2cnc3c(ccc4cc(C#Cc5ccc(OC)cc5)cnc43)c2)cc1. The van der Waals surface area contributed by atoms with Crippen LogP contribution in [-0.4, -0.2) is 24.2 Å². The third-order valence-electron chi connectivity index (χ3n) is 5.38. The molecule has 0 fully saturated rings. The Morgan fingerprint density at radius 1 is 0.500 bits per heavy atom. The Balaban J connectivity index is 1.42. The van der Waals surface area contributed by atoms with Gasteiger partial charge in [-0.3, -0.25) is 9.97 Å². The molecule has 4 nitrogen and oxygen atoms in total. The van der Waals surface area contributed by atoms with Crippen LogP contribution in [0.25, 0.3) is 21.8 Å². The Morgan fingerprint density at radius 3 is 1.26 bits per heavy atom. The van der Waals surface area contributed by atoms with E-state index < -0.39 is 0 Å². The first-order valence-electron chi connectivity index (χ1n) is 10.7. The molecule has 0 spiro atoms. The van der Waals surface area contributed by atoms with E-state index in [1.54, 1.807) is 26.6 Å². The van der Waals surface area contributed by atoms with Crippen LogP contribution in [0.1, 0.15) is 22.3 Å². The maximum absolute atomic E-state index is 5.19. The van der Waals surface area contributed by atoms with Crippen molar-refractivity contribution in [3.05, 3.63) is 107 Å². The molecule has 0 saturated heterocycles. The van der Waals surface area contributed by atoms with Crippen LogP contribution >= 0.6 is 0 Å². The van der Waals surface area contributed by atoms with Gasteiger partial charge in [0.1, 0.15) is 11.5 Å². The third kappa shape index (κ3) is 4.53. The molecule has 0 aliphatic heterocycles. The number of fused-ring (bicyclic) bond motifs is 3. The lowest BCUT2D eigenvalue weighted by molar-refractivity contribution is 0.414. The molecule has 4 heteroatoms. The van der Waals surface area contributed by atoms with E-state index in [2.05, 4.69) is 33.6 Å². The molecule has 2 aromatic heterocycles. The lowest BCUT2D eigenvalue weighted by Gasteiger charge is -2.03. The third-order valence-corrected chi connectivity index (χ3v) is 5.38. The summed E-state index contributed by atoms with van der Waals surface area (Å²) in [5.41, 5.74) is 5.24. The molecular formula is C30H20N2O2. The number of methoxy groups -OCH3 is 2. The highest BCUT2D eigenvalue weighted by atomic mass is 16.5. The van der Waals surface area contributed by atoms with Gasteiger partial charge in [0, 0.05) is 45.4 Å². The van der Waals surface area contributed by atoms with Crippen LogP contribution in [-0.2, 0) is 0 Å². The number of hydrogen-bond donors (Lipinski definition) is 0. The summed E-state index contributed by atoms with van der Waals surface area (Å²) in [5.74, 6) is 14.3. The number of rotatable bonds is 2. The Morgan fingerprint density at radius 2 is 0.882 bits per heavy atom. The molecule has 0 radical (unpaired) electrons. The molecule has 34 heavy (non-hydrogen) atoms. The van der Waals surface area contributed by atoms with Gasteiger partial charge in [0.25, 0.3) is 0 Å². The Hall–Kier alpha value is -4.80. The lowest BCUT2D eigenvalue weighted by atomic mass is 10.1. The average Bonchev–Trinajstić information content (AvgIpc) is 2.91. The van der Waals surface area contributed by atoms with Crippen molar-refractivity contribution in [2.45, 2.75) is 0 Å². The van der Waals surface area contributed by atoms with E-state index in [-0.39, 0.29) is 0 Å². The van der Waals surface area contributed by atoms with E-state index in [1.165, 1.54) is 0 Å². The van der Waals surface area contributed by atoms with Gasteiger partial charge in [-0.15, -0.1) is 0 Å². The summed E-state index contributed by atoms with van der Waals surface area (Å²) < 4.78 is 10.4. The fourth-order valence-electron chi connectivity index (χ4n) is 3.57. The minimum atomic E-state index is 0.812. The topological polar surface area (TPSA) is 44.2 Å². The van der Waals surface area contributed by atoms with Crippen LogP contribution in [0.15, 0.2) is 85.2 Å². The van der Waals surface area contributed by atoms with Gasteiger partial charge in [-0.05, 0) is 60.7 Å². The van der Waals surface area contributed by atoms with Crippen molar-refractivity contribution in [3.8, 4) is 35.2 Å². The zero-order chi connectivity index (χ0) is 23.3. The summed E-state index contributed by atoms with van der Waals surface area (Å²) >= 11 is 0. The summed E-state index contributed by atoms with van der Waals surface area (Å²) in [6.45, 7) is 0. The maximum Gasteiger partial charge on any atom is 0.118 e. The van der Waals surface area contributed by atoms with Crippen molar-refractivity contribution in [3.63, 3.8) is 0 Å². The van der Waals surface area contributed by atoms with Gasteiger partial charge in [-0.1, -0.05) is 35.8 Å². The zero-order valence-electron chi connectivity index (χ0n) is 18.8. The minimum absolute atomic E-state index is 0.812. The van der Waals surface area contributed by atoms with Crippen molar-refractivity contribution in [1.29, 1.82) is 0 Å². The van der Waals surface area contributed by atoms with Crippen LogP contribution in [0.4, 0.5) is 0 Å². The summed E-state index contributed by atoms with van der Waals surface area (Å²) in [6.07, 6.45) is 3.58. The number of benzene rings is 3. The number of pyridine rings is 2. The van der Waals surface area contributed by atoms with Crippen molar-refractivity contribution < 1.29 is 9.47 Å². The quantitative estimate of drug-likeness (QED) is 0.265. The molecule has 0 N–H and O–H groups in total. The predicted octanol–water partition coefficient (Wildman–Crippen LogP) is 5.60. The first-order valence-corrected chi connectivity index (χ1v) is 10.7. The van der Waals surface area contributed by atoms with E-state index in [9.17, 15) is 0 Å². The standard InChI is InChI=1S/C30H20N2O2/c1-33-27-13-7-21(8-14-27)3-5-23-17-25-11-12-26-18-24(20-32-30(26)29(25)31-19-23)6-4-22-9-15-28(34-2)16-10-22/h7-20H,1-2H3. The fraction of sp³-hybridized carbons (Fsp3) is 0.0667. The van der Waals surface area contributed by atoms with E-state index in [4.69, 9.17) is 9.47 Å². The van der Waals surface area contributed by atoms with Gasteiger partial charge in [0.2, 0.25) is 0 Å². The van der Waals surface area contributed by atoms with Gasteiger partial charge in [0.15, 0.2) is 0 Å². The first-order chi connectivity index (χ1) is 16.7. The highest BCUT2D eigenvalue weighted by molar-refractivity contribution is 6.03. The maximum atomic E-state index is 5.19. The van der Waals surface area contributed by atoms with Crippen LogP contribution in [0.2, 0.25) is 0 Å². The number of hydrogen-bond acceptors (Lipinski definition) is 4. The van der Waals surface area contributed by atoms with E-state index in [0.29, 0.717) is 0 Å². The normalized spacial score (nSPS) is 10.2. The van der Waals surface area contributed by atoms with Crippen molar-refractivity contribution in [2.75, 3.05) is 14.2 Å². The Labute approximate surface area is 198 Å². The van der Waals surface area contributed by atoms with E-state index in [1.807, 2.05) is 72.8 Å². The molecule has 0 bridgehead atoms. The van der Waals surface area contributed by atoms with Crippen molar-refractivity contribution in [2.24, 2.45) is 0 Å². The smallest absolute Gasteiger partial charge is 0.118 e. The summed E-state index contributed by atoms with van der Waals surface area (Å²) in [4.78, 5) is 9.31. The molecule has 5 rings (SSSR count). The molecular weight excluding hydrogens is 420 g/mol. The second kappa shape index (κ2) is 9.36. The van der Waals surface area contributed by atoms with Crippen LogP contribution < -0.4 is 9.47 Å². The summed E-state index contributed by atoms with van der Waals surface area (Å²) in [5, 5.41) is 2.00. The molecule has 2 heterocycles. The first kappa shape index (κ1) is 21.1. The summed E-state index contributed by atoms with van der Waals surface area (Å²) in [6, 6.07) is 23.5. The van der Waals surface area contributed by atoms with Crippen LogP contribution in [0.5, 0.6) is 11.5 Å². The number of nitrogens with zero attached hydrogens (tertiary/aromatic N) is 2. The van der Waals surface area contributed by atoms with Gasteiger partial charge >= 0.3 is 0 Å². The highest BCUT2D eigenvalue weighted by Crippen LogP contribution is 2.23. The molecule has 0 aliphatic carbocycles. The molecule has 0 unspecified atom stereocenters. The fourth-order valence-corrected chi connectivity index (χ4v) is 3.57. The largest absolute Gasteiger partial charge is 0.497 e. The van der Waals surface area contributed by atoms with Gasteiger partial charge < -0.3 is 9.47 Å². The van der Waals surface area contributed by atoms with Gasteiger partial charge in [0.05, 0.1) is 25.3 Å². The molecule has 0 atom stereocenters. The van der Waals surface area contributed by atoms with E-state index in [0.717, 1.165) is 55.6 Å². The zero-order valence-corrected chi connectivity index (χ0v) is 18.8. The number of ether oxygens (including phenoxy) is 2. The molecule has 0 saturated carbocycles.